The Morgan fingerprint density at radius 1 is 1.25 bits per heavy atom. The molecule has 0 radical (unpaired) electrons. The van der Waals surface area contributed by atoms with Gasteiger partial charge >= 0.3 is 0 Å². The molecule has 0 aromatic heterocycles. The summed E-state index contributed by atoms with van der Waals surface area (Å²) in [7, 11) is 1.80. The third kappa shape index (κ3) is 1.72. The molecule has 0 saturated carbocycles. The molecule has 0 aliphatic carbocycles. The van der Waals surface area contributed by atoms with Gasteiger partial charge in [0.1, 0.15) is 0 Å². The Balaban J connectivity index is 2.56. The molecule has 1 aromatic carbocycles. The Morgan fingerprint density at radius 3 is 2.50 bits per heavy atom. The average molecular weight is 222 g/mol. The van der Waals surface area contributed by atoms with Crippen LogP contribution in [0.4, 0.5) is 8.78 Å². The van der Waals surface area contributed by atoms with Crippen molar-refractivity contribution in [2.75, 3.05) is 13.6 Å². The van der Waals surface area contributed by atoms with Gasteiger partial charge in [0.2, 0.25) is 0 Å². The van der Waals surface area contributed by atoms with Crippen LogP contribution in [0.25, 0.3) is 11.3 Å². The summed E-state index contributed by atoms with van der Waals surface area (Å²) in [5.74, 6) is -1.69. The lowest BCUT2D eigenvalue weighted by Crippen LogP contribution is -2.19. The lowest BCUT2D eigenvalue weighted by atomic mass is 9.95. The summed E-state index contributed by atoms with van der Waals surface area (Å²) in [6.07, 6.45) is 1.75. The lowest BCUT2D eigenvalue weighted by Gasteiger charge is -2.21. The molecule has 0 atom stereocenters. The van der Waals surface area contributed by atoms with E-state index in [1.54, 1.807) is 13.2 Å². The molecule has 1 aromatic rings. The maximum atomic E-state index is 13.2. The van der Waals surface area contributed by atoms with Crippen molar-refractivity contribution in [3.63, 3.8) is 0 Å². The van der Waals surface area contributed by atoms with Gasteiger partial charge in [-0.2, -0.15) is 0 Å². The van der Waals surface area contributed by atoms with Gasteiger partial charge in [0.15, 0.2) is 11.6 Å². The first kappa shape index (κ1) is 10.8. The molecule has 2 nitrogen and oxygen atoms in total. The quantitative estimate of drug-likeness (QED) is 0.800. The predicted molar refractivity (Wildman–Crippen MR) is 60.4 cm³/mol. The molecular formula is C12H12F2N2. The topological polar surface area (TPSA) is 24.1 Å². The summed E-state index contributed by atoms with van der Waals surface area (Å²) in [5, 5.41) is 5.91. The van der Waals surface area contributed by atoms with Crippen LogP contribution >= 0.6 is 0 Å². The fourth-order valence-corrected chi connectivity index (χ4v) is 1.73. The second kappa shape index (κ2) is 4.06. The minimum atomic E-state index is -0.854. The number of benzene rings is 1. The molecule has 0 spiro atoms. The molecule has 0 saturated heterocycles. The first-order valence-electron chi connectivity index (χ1n) is 4.92. The zero-order chi connectivity index (χ0) is 11.7. The fraction of sp³-hybridized carbons (Fsp3) is 0.167. The van der Waals surface area contributed by atoms with E-state index in [4.69, 9.17) is 0 Å². The minimum absolute atomic E-state index is 0.578. The van der Waals surface area contributed by atoms with Gasteiger partial charge in [0.25, 0.3) is 0 Å². The average Bonchev–Trinajstić information content (AvgIpc) is 2.25. The van der Waals surface area contributed by atoms with E-state index in [2.05, 4.69) is 17.2 Å². The van der Waals surface area contributed by atoms with Crippen molar-refractivity contribution < 1.29 is 8.78 Å². The Hall–Kier alpha value is -1.68. The summed E-state index contributed by atoms with van der Waals surface area (Å²) in [4.78, 5) is 0. The predicted octanol–water partition coefficient (Wildman–Crippen LogP) is 2.10. The summed E-state index contributed by atoms with van der Waals surface area (Å²) in [6, 6.07) is 2.38. The van der Waals surface area contributed by atoms with Crippen LogP contribution in [0.5, 0.6) is 0 Å². The molecule has 84 valence electrons. The van der Waals surface area contributed by atoms with Crippen LogP contribution in [-0.2, 0) is 0 Å². The number of fused-ring (bicyclic) bond motifs is 1. The molecular weight excluding hydrogens is 210 g/mol. The summed E-state index contributed by atoms with van der Waals surface area (Å²) < 4.78 is 26.3. The van der Waals surface area contributed by atoms with Crippen LogP contribution in [0.1, 0.15) is 11.1 Å². The molecule has 1 heterocycles. The third-order valence-corrected chi connectivity index (χ3v) is 2.52. The van der Waals surface area contributed by atoms with Gasteiger partial charge in [-0.05, 0) is 30.3 Å². The van der Waals surface area contributed by atoms with E-state index in [0.717, 1.165) is 5.57 Å². The zero-order valence-corrected chi connectivity index (χ0v) is 8.90. The standard InChI is InChI=1S/C12H12F2N2/c1-7-9-3-11(13)12(14)4-10(9)8(5-15-2)6-16-7/h3-4,6,15-16H,1,5H2,2H3. The van der Waals surface area contributed by atoms with Crippen LogP contribution in [-0.4, -0.2) is 13.6 Å². The Labute approximate surface area is 92.7 Å². The van der Waals surface area contributed by atoms with Crippen LogP contribution < -0.4 is 10.6 Å². The second-order valence-electron chi connectivity index (χ2n) is 3.63. The van der Waals surface area contributed by atoms with Gasteiger partial charge < -0.3 is 10.6 Å². The molecule has 16 heavy (non-hydrogen) atoms. The van der Waals surface area contributed by atoms with Crippen molar-refractivity contribution in [2.24, 2.45) is 0 Å². The highest BCUT2D eigenvalue weighted by atomic mass is 19.2. The van der Waals surface area contributed by atoms with Crippen molar-refractivity contribution in [1.82, 2.24) is 10.6 Å². The normalized spacial score (nSPS) is 14.2. The maximum absolute atomic E-state index is 13.2. The number of nitrogens with one attached hydrogen (secondary N) is 2. The highest BCUT2D eigenvalue weighted by Crippen LogP contribution is 2.29. The number of halogens is 2. The van der Waals surface area contributed by atoms with E-state index in [0.29, 0.717) is 23.4 Å². The zero-order valence-electron chi connectivity index (χ0n) is 8.90. The fourth-order valence-electron chi connectivity index (χ4n) is 1.73. The van der Waals surface area contributed by atoms with E-state index in [-0.39, 0.29) is 0 Å². The SMILES string of the molecule is C=C1NC=C(CNC)c2cc(F)c(F)cc21. The van der Waals surface area contributed by atoms with Gasteiger partial charge in [-0.25, -0.2) is 8.78 Å². The molecule has 1 aliphatic rings. The van der Waals surface area contributed by atoms with Crippen LogP contribution in [0.2, 0.25) is 0 Å². The molecule has 1 aliphatic heterocycles. The molecule has 0 unspecified atom stereocenters. The van der Waals surface area contributed by atoms with Gasteiger partial charge in [-0.15, -0.1) is 0 Å². The summed E-state index contributed by atoms with van der Waals surface area (Å²) in [6.45, 7) is 4.34. The Morgan fingerprint density at radius 2 is 1.88 bits per heavy atom. The van der Waals surface area contributed by atoms with Crippen LogP contribution in [0, 0.1) is 11.6 Å². The first-order chi connectivity index (χ1) is 7.63. The third-order valence-electron chi connectivity index (χ3n) is 2.52. The number of hydrogen-bond acceptors (Lipinski definition) is 2. The second-order valence-corrected chi connectivity index (χ2v) is 3.63. The Bertz CT molecular complexity index is 478. The minimum Gasteiger partial charge on any atom is -0.361 e. The lowest BCUT2D eigenvalue weighted by molar-refractivity contribution is 0.507. The van der Waals surface area contributed by atoms with E-state index < -0.39 is 11.6 Å². The van der Waals surface area contributed by atoms with Gasteiger partial charge in [0, 0.05) is 24.0 Å². The molecule has 4 heteroatoms. The van der Waals surface area contributed by atoms with E-state index in [1.165, 1.54) is 12.1 Å². The first-order valence-corrected chi connectivity index (χ1v) is 4.92. The van der Waals surface area contributed by atoms with E-state index >= 15 is 0 Å². The van der Waals surface area contributed by atoms with Gasteiger partial charge in [0.05, 0.1) is 0 Å². The van der Waals surface area contributed by atoms with Crippen LogP contribution in [0.3, 0.4) is 0 Å². The number of rotatable bonds is 2. The Kier molecular flexibility index (Phi) is 2.75. The highest BCUT2D eigenvalue weighted by molar-refractivity contribution is 5.83. The number of likely N-dealkylation sites (N-methyl/N-ethyl adjacent to an activating group) is 1. The molecule has 2 N–H and O–H groups in total. The van der Waals surface area contributed by atoms with Crippen molar-refractivity contribution in [2.45, 2.75) is 0 Å². The smallest absolute Gasteiger partial charge is 0.159 e. The van der Waals surface area contributed by atoms with Crippen molar-refractivity contribution in [3.05, 3.63) is 47.7 Å². The van der Waals surface area contributed by atoms with E-state index in [1.807, 2.05) is 0 Å². The molecule has 2 rings (SSSR count). The maximum Gasteiger partial charge on any atom is 0.159 e. The monoisotopic (exact) mass is 222 g/mol. The highest BCUT2D eigenvalue weighted by Gasteiger charge is 2.18. The summed E-state index contributed by atoms with van der Waals surface area (Å²) >= 11 is 0. The number of hydrogen-bond donors (Lipinski definition) is 2. The van der Waals surface area contributed by atoms with E-state index in [9.17, 15) is 8.78 Å². The largest absolute Gasteiger partial charge is 0.361 e. The van der Waals surface area contributed by atoms with Crippen molar-refractivity contribution in [1.29, 1.82) is 0 Å². The van der Waals surface area contributed by atoms with Gasteiger partial charge in [-0.1, -0.05) is 6.58 Å². The summed E-state index contributed by atoms with van der Waals surface area (Å²) in [5.41, 5.74) is 2.74. The molecule has 0 fully saturated rings. The molecule has 0 bridgehead atoms. The molecule has 0 amide bonds. The van der Waals surface area contributed by atoms with Crippen LogP contribution in [0.15, 0.2) is 24.9 Å². The van der Waals surface area contributed by atoms with Crippen molar-refractivity contribution in [3.8, 4) is 0 Å². The van der Waals surface area contributed by atoms with Gasteiger partial charge in [-0.3, -0.25) is 0 Å². The van der Waals surface area contributed by atoms with Crippen molar-refractivity contribution >= 4 is 11.3 Å².